The predicted octanol–water partition coefficient (Wildman–Crippen LogP) is 3.45. The molecule has 0 spiro atoms. The van der Waals surface area contributed by atoms with Crippen molar-refractivity contribution < 1.29 is 9.72 Å². The zero-order valence-electron chi connectivity index (χ0n) is 17.1. The van der Waals surface area contributed by atoms with Gasteiger partial charge in [0.25, 0.3) is 11.6 Å². The number of anilines is 1. The van der Waals surface area contributed by atoms with Crippen LogP contribution in [0.5, 0.6) is 0 Å². The van der Waals surface area contributed by atoms with Crippen LogP contribution in [-0.4, -0.2) is 36.0 Å². The molecule has 1 N–H and O–H groups in total. The largest absolute Gasteiger partial charge is 0.306 e. The van der Waals surface area contributed by atoms with E-state index in [2.05, 4.69) is 31.9 Å². The molecule has 0 aliphatic heterocycles. The van der Waals surface area contributed by atoms with Gasteiger partial charge in [-0.25, -0.2) is 9.67 Å². The standard InChI is InChI=1S/C20H18N8O3S/c1-27-20(24-25-26-27)32-17-8-6-13(28(30)31)10-15(17)19(29)23-18-9-7-14(16(11-21)22-18)12-4-2-3-5-12/h6-10,12H,2-5H2,1H3,(H,22,23,29). The molecular weight excluding hydrogens is 432 g/mol. The van der Waals surface area contributed by atoms with E-state index in [1.54, 1.807) is 13.1 Å². The molecule has 1 aliphatic carbocycles. The highest BCUT2D eigenvalue weighted by atomic mass is 32.2. The summed E-state index contributed by atoms with van der Waals surface area (Å²) < 4.78 is 1.43. The van der Waals surface area contributed by atoms with Gasteiger partial charge in [-0.05, 0) is 58.6 Å². The Balaban J connectivity index is 1.63. The lowest BCUT2D eigenvalue weighted by Gasteiger charge is -2.13. The van der Waals surface area contributed by atoms with E-state index < -0.39 is 10.8 Å². The number of aromatic nitrogens is 5. The van der Waals surface area contributed by atoms with E-state index in [0.717, 1.165) is 43.0 Å². The Hall–Kier alpha value is -3.85. The van der Waals surface area contributed by atoms with Gasteiger partial charge in [-0.2, -0.15) is 5.26 Å². The van der Waals surface area contributed by atoms with E-state index in [0.29, 0.717) is 16.0 Å². The Morgan fingerprint density at radius 2 is 2.09 bits per heavy atom. The van der Waals surface area contributed by atoms with Gasteiger partial charge in [0.1, 0.15) is 17.6 Å². The van der Waals surface area contributed by atoms with Crippen molar-refractivity contribution in [3.05, 3.63) is 57.3 Å². The summed E-state index contributed by atoms with van der Waals surface area (Å²) in [5.74, 6) is -0.0749. The molecule has 3 aromatic rings. The number of benzene rings is 1. The van der Waals surface area contributed by atoms with Crippen LogP contribution in [0.15, 0.2) is 40.4 Å². The second-order valence-electron chi connectivity index (χ2n) is 7.31. The first-order valence-electron chi connectivity index (χ1n) is 9.87. The van der Waals surface area contributed by atoms with Crippen LogP contribution in [0.3, 0.4) is 0 Å². The summed E-state index contributed by atoms with van der Waals surface area (Å²) >= 11 is 1.10. The topological polar surface area (TPSA) is 153 Å². The number of amides is 1. The lowest BCUT2D eigenvalue weighted by Crippen LogP contribution is -2.15. The third kappa shape index (κ3) is 4.42. The lowest BCUT2D eigenvalue weighted by atomic mass is 9.96. The number of nitro benzene ring substituents is 1. The molecule has 0 saturated heterocycles. The molecule has 1 aromatic carbocycles. The van der Waals surface area contributed by atoms with Crippen molar-refractivity contribution in [1.29, 1.82) is 5.26 Å². The number of rotatable bonds is 6. The minimum Gasteiger partial charge on any atom is -0.306 e. The Bertz CT molecular complexity index is 1230. The van der Waals surface area contributed by atoms with Crippen molar-refractivity contribution >= 4 is 29.2 Å². The molecule has 4 rings (SSSR count). The van der Waals surface area contributed by atoms with E-state index in [1.807, 2.05) is 6.07 Å². The molecule has 162 valence electrons. The number of nitro groups is 1. The monoisotopic (exact) mass is 450 g/mol. The maximum Gasteiger partial charge on any atom is 0.270 e. The number of aryl methyl sites for hydroxylation is 1. The molecule has 1 fully saturated rings. The average Bonchev–Trinajstić information content (AvgIpc) is 3.46. The zero-order valence-corrected chi connectivity index (χ0v) is 17.9. The summed E-state index contributed by atoms with van der Waals surface area (Å²) in [6.45, 7) is 0. The van der Waals surface area contributed by atoms with Gasteiger partial charge in [0.15, 0.2) is 0 Å². The van der Waals surface area contributed by atoms with Gasteiger partial charge < -0.3 is 5.32 Å². The van der Waals surface area contributed by atoms with Gasteiger partial charge in [-0.3, -0.25) is 14.9 Å². The van der Waals surface area contributed by atoms with Crippen LogP contribution in [0, 0.1) is 21.4 Å². The summed E-state index contributed by atoms with van der Waals surface area (Å²) in [4.78, 5) is 28.5. The summed E-state index contributed by atoms with van der Waals surface area (Å²) in [5, 5.41) is 35.0. The van der Waals surface area contributed by atoms with E-state index in [9.17, 15) is 20.2 Å². The maximum atomic E-state index is 13.0. The zero-order chi connectivity index (χ0) is 22.7. The molecule has 0 atom stereocenters. The summed E-state index contributed by atoms with van der Waals surface area (Å²) in [5.41, 5.74) is 1.03. The summed E-state index contributed by atoms with van der Waals surface area (Å²) in [7, 11) is 1.65. The van der Waals surface area contributed by atoms with Crippen LogP contribution < -0.4 is 5.32 Å². The first-order chi connectivity index (χ1) is 15.5. The number of carbonyl (C=O) groups is 1. The highest BCUT2D eigenvalue weighted by Crippen LogP contribution is 2.36. The smallest absolute Gasteiger partial charge is 0.270 e. The van der Waals surface area contributed by atoms with Gasteiger partial charge >= 0.3 is 0 Å². The molecule has 2 aromatic heterocycles. The van der Waals surface area contributed by atoms with Crippen LogP contribution in [0.2, 0.25) is 0 Å². The minimum atomic E-state index is -0.587. The van der Waals surface area contributed by atoms with Crippen LogP contribution in [0.25, 0.3) is 0 Å². The molecule has 0 bridgehead atoms. The SMILES string of the molecule is Cn1nnnc1Sc1ccc([N+](=O)[O-])cc1C(=O)Nc1ccc(C2CCCC2)c(C#N)n1. The number of pyridine rings is 1. The summed E-state index contributed by atoms with van der Waals surface area (Å²) in [6.07, 6.45) is 4.30. The van der Waals surface area contributed by atoms with Crippen LogP contribution in [0.1, 0.15) is 53.2 Å². The molecule has 11 nitrogen and oxygen atoms in total. The highest BCUT2D eigenvalue weighted by molar-refractivity contribution is 7.99. The number of carbonyl (C=O) groups excluding carboxylic acids is 1. The highest BCUT2D eigenvalue weighted by Gasteiger charge is 2.23. The van der Waals surface area contributed by atoms with Gasteiger partial charge in [-0.15, -0.1) is 5.10 Å². The van der Waals surface area contributed by atoms with Crippen molar-refractivity contribution in [2.45, 2.75) is 41.7 Å². The molecule has 0 radical (unpaired) electrons. The second-order valence-corrected chi connectivity index (χ2v) is 8.32. The van der Waals surface area contributed by atoms with Crippen molar-refractivity contribution in [1.82, 2.24) is 25.2 Å². The molecule has 1 amide bonds. The van der Waals surface area contributed by atoms with Crippen molar-refractivity contribution in [2.75, 3.05) is 5.32 Å². The molecular formula is C20H18N8O3S. The van der Waals surface area contributed by atoms with Gasteiger partial charge in [-0.1, -0.05) is 18.9 Å². The maximum absolute atomic E-state index is 13.0. The van der Waals surface area contributed by atoms with Crippen molar-refractivity contribution in [2.24, 2.45) is 7.05 Å². The Morgan fingerprint density at radius 3 is 2.75 bits per heavy atom. The molecule has 1 aliphatic rings. The average molecular weight is 450 g/mol. The Labute approximate surface area is 187 Å². The van der Waals surface area contributed by atoms with E-state index in [-0.39, 0.29) is 22.8 Å². The predicted molar refractivity (Wildman–Crippen MR) is 114 cm³/mol. The molecule has 32 heavy (non-hydrogen) atoms. The fraction of sp³-hybridized carbons (Fsp3) is 0.300. The first-order valence-corrected chi connectivity index (χ1v) is 10.7. The fourth-order valence-corrected chi connectivity index (χ4v) is 4.52. The second kappa shape index (κ2) is 9.11. The Morgan fingerprint density at radius 1 is 1.31 bits per heavy atom. The van der Waals surface area contributed by atoms with Gasteiger partial charge in [0.05, 0.1) is 10.5 Å². The van der Waals surface area contributed by atoms with Crippen LogP contribution in [0.4, 0.5) is 11.5 Å². The third-order valence-electron chi connectivity index (χ3n) is 5.27. The van der Waals surface area contributed by atoms with Crippen molar-refractivity contribution in [3.8, 4) is 6.07 Å². The fourth-order valence-electron chi connectivity index (χ4n) is 3.68. The number of nitriles is 1. The van der Waals surface area contributed by atoms with Crippen LogP contribution >= 0.6 is 11.8 Å². The van der Waals surface area contributed by atoms with E-state index >= 15 is 0 Å². The third-order valence-corrected chi connectivity index (χ3v) is 6.37. The number of hydrogen-bond donors (Lipinski definition) is 1. The number of tetrazole rings is 1. The molecule has 12 heteroatoms. The quantitative estimate of drug-likeness (QED) is 0.439. The minimum absolute atomic E-state index is 0.0763. The van der Waals surface area contributed by atoms with Gasteiger partial charge in [0.2, 0.25) is 5.16 Å². The summed E-state index contributed by atoms with van der Waals surface area (Å²) in [6, 6.07) is 9.58. The molecule has 2 heterocycles. The van der Waals surface area contributed by atoms with Crippen molar-refractivity contribution in [3.63, 3.8) is 0 Å². The number of hydrogen-bond acceptors (Lipinski definition) is 9. The lowest BCUT2D eigenvalue weighted by molar-refractivity contribution is -0.384. The normalized spacial score (nSPS) is 13.6. The molecule has 1 saturated carbocycles. The Kier molecular flexibility index (Phi) is 6.09. The van der Waals surface area contributed by atoms with E-state index in [1.165, 1.54) is 22.9 Å². The molecule has 0 unspecified atom stereocenters. The first kappa shape index (κ1) is 21.4. The van der Waals surface area contributed by atoms with Crippen LogP contribution in [-0.2, 0) is 7.05 Å². The van der Waals surface area contributed by atoms with E-state index in [4.69, 9.17) is 0 Å². The number of non-ortho nitro benzene ring substituents is 1. The number of nitrogens with one attached hydrogen (secondary N) is 1. The van der Waals surface area contributed by atoms with Gasteiger partial charge in [0, 0.05) is 24.1 Å². The number of nitrogens with zero attached hydrogens (tertiary/aromatic N) is 7.